The summed E-state index contributed by atoms with van der Waals surface area (Å²) in [5.41, 5.74) is 4.96. The summed E-state index contributed by atoms with van der Waals surface area (Å²) in [5.74, 6) is -0.249. The summed E-state index contributed by atoms with van der Waals surface area (Å²) in [6, 6.07) is 1.00. The van der Waals surface area contributed by atoms with E-state index in [1.165, 1.54) is 19.3 Å². The van der Waals surface area contributed by atoms with Gasteiger partial charge in [0.05, 0.1) is 5.54 Å². The zero-order chi connectivity index (χ0) is 13.8. The predicted molar refractivity (Wildman–Crippen MR) is 75.4 cm³/mol. The number of hydrogen-bond acceptors (Lipinski definition) is 3. The van der Waals surface area contributed by atoms with Crippen LogP contribution in [0, 0.1) is 0 Å². The van der Waals surface area contributed by atoms with Gasteiger partial charge in [0.15, 0.2) is 0 Å². The van der Waals surface area contributed by atoms with Gasteiger partial charge >= 0.3 is 0 Å². The van der Waals surface area contributed by atoms with Crippen molar-refractivity contribution in [2.24, 2.45) is 5.73 Å². The molecule has 0 saturated carbocycles. The first-order valence-corrected chi connectivity index (χ1v) is 7.21. The van der Waals surface area contributed by atoms with E-state index in [0.29, 0.717) is 12.1 Å². The van der Waals surface area contributed by atoms with E-state index in [1.54, 1.807) is 0 Å². The zero-order valence-electron chi connectivity index (χ0n) is 12.3. The highest BCUT2D eigenvalue weighted by atomic mass is 16.1. The first-order valence-electron chi connectivity index (χ1n) is 7.21. The standard InChI is InChI=1S/C14H29N3O/c1-5-16-14(4,13(15)18)10-12(3)17-9-7-6-8-11(17)2/h11-12,16H,5-10H2,1-4H3,(H2,15,18). The molecule has 3 N–H and O–H groups in total. The number of likely N-dealkylation sites (tertiary alicyclic amines) is 1. The quantitative estimate of drug-likeness (QED) is 0.756. The number of rotatable bonds is 6. The molecule has 4 heteroatoms. The Balaban J connectivity index is 2.65. The van der Waals surface area contributed by atoms with Crippen LogP contribution in [0.25, 0.3) is 0 Å². The van der Waals surface area contributed by atoms with Crippen LogP contribution in [-0.2, 0) is 4.79 Å². The average Bonchev–Trinajstić information content (AvgIpc) is 2.29. The molecular formula is C14H29N3O. The molecular weight excluding hydrogens is 226 g/mol. The van der Waals surface area contributed by atoms with E-state index >= 15 is 0 Å². The highest BCUT2D eigenvalue weighted by Gasteiger charge is 2.34. The summed E-state index contributed by atoms with van der Waals surface area (Å²) >= 11 is 0. The number of amides is 1. The number of carbonyl (C=O) groups is 1. The van der Waals surface area contributed by atoms with Gasteiger partial charge in [0, 0.05) is 12.1 Å². The topological polar surface area (TPSA) is 58.4 Å². The second-order valence-corrected chi connectivity index (χ2v) is 5.86. The Bertz CT molecular complexity index is 282. The van der Waals surface area contributed by atoms with Crippen molar-refractivity contribution in [2.45, 2.75) is 71.0 Å². The molecule has 1 amide bonds. The van der Waals surface area contributed by atoms with Gasteiger partial charge in [-0.2, -0.15) is 0 Å². The lowest BCUT2D eigenvalue weighted by Gasteiger charge is -2.41. The molecule has 1 aliphatic rings. The van der Waals surface area contributed by atoms with Crippen molar-refractivity contribution in [3.8, 4) is 0 Å². The second kappa shape index (κ2) is 6.53. The first-order chi connectivity index (χ1) is 8.40. The number of piperidine rings is 1. The minimum Gasteiger partial charge on any atom is -0.368 e. The van der Waals surface area contributed by atoms with Crippen molar-refractivity contribution in [1.82, 2.24) is 10.2 Å². The lowest BCUT2D eigenvalue weighted by atomic mass is 9.90. The Hall–Kier alpha value is -0.610. The fourth-order valence-corrected chi connectivity index (χ4v) is 3.13. The third kappa shape index (κ3) is 3.69. The lowest BCUT2D eigenvalue weighted by molar-refractivity contribution is -0.124. The van der Waals surface area contributed by atoms with Crippen LogP contribution in [0.4, 0.5) is 0 Å². The number of carbonyl (C=O) groups excluding carboxylic acids is 1. The van der Waals surface area contributed by atoms with Crippen molar-refractivity contribution in [3.63, 3.8) is 0 Å². The van der Waals surface area contributed by atoms with Crippen LogP contribution in [-0.4, -0.2) is 41.5 Å². The largest absolute Gasteiger partial charge is 0.368 e. The van der Waals surface area contributed by atoms with E-state index in [-0.39, 0.29) is 5.91 Å². The van der Waals surface area contributed by atoms with Crippen molar-refractivity contribution in [3.05, 3.63) is 0 Å². The molecule has 1 fully saturated rings. The molecule has 1 rings (SSSR count). The Kier molecular flexibility index (Phi) is 5.60. The fraction of sp³-hybridized carbons (Fsp3) is 0.929. The Morgan fingerprint density at radius 1 is 1.56 bits per heavy atom. The number of nitrogens with one attached hydrogen (secondary N) is 1. The third-order valence-corrected chi connectivity index (χ3v) is 4.23. The minimum absolute atomic E-state index is 0.249. The highest BCUT2D eigenvalue weighted by Crippen LogP contribution is 2.23. The van der Waals surface area contributed by atoms with Crippen molar-refractivity contribution in [2.75, 3.05) is 13.1 Å². The van der Waals surface area contributed by atoms with Crippen molar-refractivity contribution < 1.29 is 4.79 Å². The molecule has 1 aliphatic heterocycles. The zero-order valence-corrected chi connectivity index (χ0v) is 12.3. The molecule has 0 aromatic carbocycles. The normalized spacial score (nSPS) is 26.6. The van der Waals surface area contributed by atoms with Gasteiger partial charge in [-0.3, -0.25) is 9.69 Å². The van der Waals surface area contributed by atoms with Crippen LogP contribution in [0.5, 0.6) is 0 Å². The van der Waals surface area contributed by atoms with Crippen LogP contribution < -0.4 is 11.1 Å². The summed E-state index contributed by atoms with van der Waals surface area (Å²) in [7, 11) is 0. The Labute approximate surface area is 111 Å². The average molecular weight is 255 g/mol. The van der Waals surface area contributed by atoms with Gasteiger partial charge in [-0.15, -0.1) is 0 Å². The summed E-state index contributed by atoms with van der Waals surface area (Å²) in [6.07, 6.45) is 4.63. The molecule has 3 unspecified atom stereocenters. The number of primary amides is 1. The van der Waals surface area contributed by atoms with Crippen LogP contribution >= 0.6 is 0 Å². The third-order valence-electron chi connectivity index (χ3n) is 4.23. The van der Waals surface area contributed by atoms with Crippen molar-refractivity contribution >= 4 is 5.91 Å². The summed E-state index contributed by atoms with van der Waals surface area (Å²) in [4.78, 5) is 14.2. The molecule has 18 heavy (non-hydrogen) atoms. The van der Waals surface area contributed by atoms with Gasteiger partial charge in [-0.25, -0.2) is 0 Å². The molecule has 106 valence electrons. The van der Waals surface area contributed by atoms with Gasteiger partial charge in [0.1, 0.15) is 0 Å². The Morgan fingerprint density at radius 2 is 2.22 bits per heavy atom. The van der Waals surface area contributed by atoms with E-state index in [9.17, 15) is 4.79 Å². The van der Waals surface area contributed by atoms with E-state index in [0.717, 1.165) is 19.5 Å². The molecule has 1 saturated heterocycles. The van der Waals surface area contributed by atoms with Gasteiger partial charge in [0.2, 0.25) is 5.91 Å². The SMILES string of the molecule is CCNC(C)(CC(C)N1CCCCC1C)C(N)=O. The van der Waals surface area contributed by atoms with Gasteiger partial charge < -0.3 is 11.1 Å². The molecule has 3 atom stereocenters. The van der Waals surface area contributed by atoms with Gasteiger partial charge in [0.25, 0.3) is 0 Å². The number of nitrogens with zero attached hydrogens (tertiary/aromatic N) is 1. The number of nitrogens with two attached hydrogens (primary N) is 1. The van der Waals surface area contributed by atoms with Crippen LogP contribution in [0.15, 0.2) is 0 Å². The molecule has 0 radical (unpaired) electrons. The van der Waals surface area contributed by atoms with E-state index in [1.807, 2.05) is 13.8 Å². The van der Waals surface area contributed by atoms with Crippen molar-refractivity contribution in [1.29, 1.82) is 0 Å². The maximum absolute atomic E-state index is 11.7. The minimum atomic E-state index is -0.592. The molecule has 0 aromatic rings. The van der Waals surface area contributed by atoms with Gasteiger partial charge in [-0.05, 0) is 53.1 Å². The molecule has 0 bridgehead atoms. The molecule has 0 aromatic heterocycles. The highest BCUT2D eigenvalue weighted by molar-refractivity contribution is 5.84. The maximum Gasteiger partial charge on any atom is 0.237 e. The molecule has 4 nitrogen and oxygen atoms in total. The number of hydrogen-bond donors (Lipinski definition) is 2. The smallest absolute Gasteiger partial charge is 0.237 e. The fourth-order valence-electron chi connectivity index (χ4n) is 3.13. The number of likely N-dealkylation sites (N-methyl/N-ethyl adjacent to an activating group) is 1. The monoisotopic (exact) mass is 255 g/mol. The summed E-state index contributed by atoms with van der Waals surface area (Å²) < 4.78 is 0. The van der Waals surface area contributed by atoms with E-state index < -0.39 is 5.54 Å². The summed E-state index contributed by atoms with van der Waals surface area (Å²) in [6.45, 7) is 10.3. The van der Waals surface area contributed by atoms with Crippen LogP contribution in [0.2, 0.25) is 0 Å². The molecule has 0 spiro atoms. The van der Waals surface area contributed by atoms with Crippen LogP contribution in [0.3, 0.4) is 0 Å². The van der Waals surface area contributed by atoms with Crippen LogP contribution in [0.1, 0.15) is 53.4 Å². The van der Waals surface area contributed by atoms with E-state index in [2.05, 4.69) is 24.1 Å². The molecule has 0 aliphatic carbocycles. The lowest BCUT2D eigenvalue weighted by Crippen LogP contribution is -2.57. The predicted octanol–water partition coefficient (Wildman–Crippen LogP) is 1.49. The maximum atomic E-state index is 11.7. The Morgan fingerprint density at radius 3 is 2.72 bits per heavy atom. The first kappa shape index (κ1) is 15.4. The molecule has 1 heterocycles. The second-order valence-electron chi connectivity index (χ2n) is 5.86. The van der Waals surface area contributed by atoms with Gasteiger partial charge in [-0.1, -0.05) is 13.3 Å². The van der Waals surface area contributed by atoms with E-state index in [4.69, 9.17) is 5.73 Å². The summed E-state index contributed by atoms with van der Waals surface area (Å²) in [5, 5.41) is 3.24.